The standard InChI is InChI=1S/C16H16N2O2/c19-10-12-3-1-4-13(9-12)15-5-2-6-16(18-15)20-11-14-7-8-17-14/h1-6,9-10,14,17H,7-8,11H2/t14-/m1/s1. The summed E-state index contributed by atoms with van der Waals surface area (Å²) in [5, 5.41) is 3.29. The van der Waals surface area contributed by atoms with E-state index in [0.29, 0.717) is 24.1 Å². The minimum Gasteiger partial charge on any atom is -0.476 e. The SMILES string of the molecule is O=Cc1cccc(-c2cccc(OC[C@H]3CCN3)n2)c1. The van der Waals surface area contributed by atoms with Crippen LogP contribution in [0.15, 0.2) is 42.5 Å². The lowest BCUT2D eigenvalue weighted by molar-refractivity contribution is 0.112. The second-order valence-corrected chi connectivity index (χ2v) is 4.86. The molecule has 0 radical (unpaired) electrons. The van der Waals surface area contributed by atoms with Gasteiger partial charge >= 0.3 is 0 Å². The molecule has 0 aliphatic carbocycles. The molecule has 1 N–H and O–H groups in total. The third kappa shape index (κ3) is 2.86. The smallest absolute Gasteiger partial charge is 0.213 e. The number of carbonyl (C=O) groups excluding carboxylic acids is 1. The molecule has 0 bridgehead atoms. The number of pyridine rings is 1. The summed E-state index contributed by atoms with van der Waals surface area (Å²) in [6, 6.07) is 13.5. The highest BCUT2D eigenvalue weighted by molar-refractivity contribution is 5.78. The van der Waals surface area contributed by atoms with Crippen molar-refractivity contribution in [3.63, 3.8) is 0 Å². The van der Waals surface area contributed by atoms with E-state index < -0.39 is 0 Å². The summed E-state index contributed by atoms with van der Waals surface area (Å²) in [4.78, 5) is 15.3. The molecule has 1 saturated heterocycles. The molecule has 0 amide bonds. The van der Waals surface area contributed by atoms with Gasteiger partial charge in [0.2, 0.25) is 5.88 Å². The van der Waals surface area contributed by atoms with Crippen molar-refractivity contribution in [3.8, 4) is 17.1 Å². The average molecular weight is 268 g/mol. The van der Waals surface area contributed by atoms with Crippen molar-refractivity contribution >= 4 is 6.29 Å². The fraction of sp³-hybridized carbons (Fsp3) is 0.250. The van der Waals surface area contributed by atoms with E-state index in [0.717, 1.165) is 30.5 Å². The van der Waals surface area contributed by atoms with Crippen molar-refractivity contribution in [1.82, 2.24) is 10.3 Å². The molecular formula is C16H16N2O2. The number of aldehydes is 1. The molecule has 0 unspecified atom stereocenters. The van der Waals surface area contributed by atoms with Crippen LogP contribution in [0.2, 0.25) is 0 Å². The first-order valence-electron chi connectivity index (χ1n) is 6.74. The molecule has 102 valence electrons. The Bertz CT molecular complexity index is 609. The maximum Gasteiger partial charge on any atom is 0.213 e. The maximum absolute atomic E-state index is 10.8. The summed E-state index contributed by atoms with van der Waals surface area (Å²) in [7, 11) is 0. The summed E-state index contributed by atoms with van der Waals surface area (Å²) >= 11 is 0. The average Bonchev–Trinajstić information content (AvgIpc) is 2.46. The van der Waals surface area contributed by atoms with Gasteiger partial charge in [0, 0.05) is 23.2 Å². The lowest BCUT2D eigenvalue weighted by Crippen LogP contribution is -2.46. The van der Waals surface area contributed by atoms with Gasteiger partial charge in [0.15, 0.2) is 0 Å². The molecule has 2 heterocycles. The molecular weight excluding hydrogens is 252 g/mol. The van der Waals surface area contributed by atoms with E-state index >= 15 is 0 Å². The fourth-order valence-electron chi connectivity index (χ4n) is 2.10. The Hall–Kier alpha value is -2.20. The van der Waals surface area contributed by atoms with Gasteiger partial charge in [0.05, 0.1) is 5.69 Å². The third-order valence-corrected chi connectivity index (χ3v) is 3.40. The Kier molecular flexibility index (Phi) is 3.74. The first kappa shape index (κ1) is 12.8. The molecule has 2 aromatic rings. The molecule has 4 heteroatoms. The number of ether oxygens (including phenoxy) is 1. The summed E-state index contributed by atoms with van der Waals surface area (Å²) < 4.78 is 5.69. The van der Waals surface area contributed by atoms with Crippen molar-refractivity contribution < 1.29 is 9.53 Å². The summed E-state index contributed by atoms with van der Waals surface area (Å²) in [5.41, 5.74) is 2.38. The second-order valence-electron chi connectivity index (χ2n) is 4.86. The molecule has 1 aromatic carbocycles. The van der Waals surface area contributed by atoms with Gasteiger partial charge < -0.3 is 10.1 Å². The van der Waals surface area contributed by atoms with Crippen molar-refractivity contribution in [2.45, 2.75) is 12.5 Å². The zero-order chi connectivity index (χ0) is 13.8. The van der Waals surface area contributed by atoms with Gasteiger partial charge in [-0.3, -0.25) is 4.79 Å². The van der Waals surface area contributed by atoms with Gasteiger partial charge in [-0.15, -0.1) is 0 Å². The molecule has 1 fully saturated rings. The van der Waals surface area contributed by atoms with E-state index in [1.54, 1.807) is 6.07 Å². The molecule has 0 saturated carbocycles. The molecule has 1 aromatic heterocycles. The van der Waals surface area contributed by atoms with Crippen LogP contribution < -0.4 is 10.1 Å². The minimum absolute atomic E-state index is 0.443. The zero-order valence-electron chi connectivity index (χ0n) is 11.1. The van der Waals surface area contributed by atoms with Crippen molar-refractivity contribution in [2.75, 3.05) is 13.2 Å². The number of rotatable bonds is 5. The van der Waals surface area contributed by atoms with E-state index in [4.69, 9.17) is 4.74 Å². The Labute approximate surface area is 117 Å². The lowest BCUT2D eigenvalue weighted by Gasteiger charge is -2.27. The van der Waals surface area contributed by atoms with Crippen LogP contribution in [0.1, 0.15) is 16.8 Å². The maximum atomic E-state index is 10.8. The second kappa shape index (κ2) is 5.84. The minimum atomic E-state index is 0.443. The van der Waals surface area contributed by atoms with Crippen LogP contribution in [0.5, 0.6) is 5.88 Å². The molecule has 1 aliphatic rings. The topological polar surface area (TPSA) is 51.2 Å². The van der Waals surface area contributed by atoms with Crippen molar-refractivity contribution in [3.05, 3.63) is 48.0 Å². The van der Waals surface area contributed by atoms with Crippen molar-refractivity contribution in [2.24, 2.45) is 0 Å². The van der Waals surface area contributed by atoms with E-state index in [-0.39, 0.29) is 0 Å². The highest BCUT2D eigenvalue weighted by atomic mass is 16.5. The van der Waals surface area contributed by atoms with Gasteiger partial charge in [-0.2, -0.15) is 0 Å². The lowest BCUT2D eigenvalue weighted by atomic mass is 10.1. The predicted octanol–water partition coefficient (Wildman–Crippen LogP) is 2.30. The van der Waals surface area contributed by atoms with Gasteiger partial charge in [-0.25, -0.2) is 4.98 Å². The number of nitrogens with zero attached hydrogens (tertiary/aromatic N) is 1. The monoisotopic (exact) mass is 268 g/mol. The number of hydrogen-bond donors (Lipinski definition) is 1. The van der Waals surface area contributed by atoms with E-state index in [2.05, 4.69) is 10.3 Å². The van der Waals surface area contributed by atoms with Crippen molar-refractivity contribution in [1.29, 1.82) is 0 Å². The van der Waals surface area contributed by atoms with Crippen LogP contribution in [-0.2, 0) is 0 Å². The van der Waals surface area contributed by atoms with Gasteiger partial charge in [0.1, 0.15) is 12.9 Å². The number of carbonyl (C=O) groups is 1. The summed E-state index contributed by atoms with van der Waals surface area (Å²) in [6.45, 7) is 1.71. The first-order chi connectivity index (χ1) is 9.85. The number of benzene rings is 1. The molecule has 1 aliphatic heterocycles. The highest BCUT2D eigenvalue weighted by Gasteiger charge is 2.16. The quantitative estimate of drug-likeness (QED) is 0.845. The Morgan fingerprint density at radius 2 is 2.15 bits per heavy atom. The molecule has 0 spiro atoms. The highest BCUT2D eigenvalue weighted by Crippen LogP contribution is 2.20. The molecule has 20 heavy (non-hydrogen) atoms. The van der Waals surface area contributed by atoms with Crippen LogP contribution in [0.25, 0.3) is 11.3 Å². The number of aromatic nitrogens is 1. The van der Waals surface area contributed by atoms with Crippen LogP contribution in [0.4, 0.5) is 0 Å². The van der Waals surface area contributed by atoms with Gasteiger partial charge in [-0.1, -0.05) is 24.3 Å². The predicted molar refractivity (Wildman–Crippen MR) is 77.0 cm³/mol. The largest absolute Gasteiger partial charge is 0.476 e. The molecule has 4 nitrogen and oxygen atoms in total. The number of nitrogens with one attached hydrogen (secondary N) is 1. The van der Waals surface area contributed by atoms with E-state index in [1.165, 1.54) is 0 Å². The Morgan fingerprint density at radius 1 is 1.30 bits per heavy atom. The molecule has 3 rings (SSSR count). The van der Waals surface area contributed by atoms with Crippen LogP contribution in [-0.4, -0.2) is 30.5 Å². The third-order valence-electron chi connectivity index (χ3n) is 3.40. The van der Waals surface area contributed by atoms with Gasteiger partial charge in [-0.05, 0) is 25.1 Å². The van der Waals surface area contributed by atoms with E-state index in [9.17, 15) is 4.79 Å². The van der Waals surface area contributed by atoms with E-state index in [1.807, 2.05) is 36.4 Å². The Balaban J connectivity index is 1.76. The Morgan fingerprint density at radius 3 is 2.90 bits per heavy atom. The normalized spacial score (nSPS) is 17.3. The first-order valence-corrected chi connectivity index (χ1v) is 6.74. The van der Waals surface area contributed by atoms with Crippen LogP contribution in [0.3, 0.4) is 0 Å². The van der Waals surface area contributed by atoms with Gasteiger partial charge in [0.25, 0.3) is 0 Å². The van der Waals surface area contributed by atoms with Crippen LogP contribution >= 0.6 is 0 Å². The summed E-state index contributed by atoms with van der Waals surface area (Å²) in [5.74, 6) is 0.618. The zero-order valence-corrected chi connectivity index (χ0v) is 11.1. The fourth-order valence-corrected chi connectivity index (χ4v) is 2.10. The number of hydrogen-bond acceptors (Lipinski definition) is 4. The van der Waals surface area contributed by atoms with Crippen LogP contribution in [0, 0.1) is 0 Å². The molecule has 1 atom stereocenters. The summed E-state index contributed by atoms with van der Waals surface area (Å²) in [6.07, 6.45) is 1.99.